The summed E-state index contributed by atoms with van der Waals surface area (Å²) in [5, 5.41) is 0. The molecule has 2 N–H and O–H groups in total. The van der Waals surface area contributed by atoms with Gasteiger partial charge >= 0.3 is 0 Å². The van der Waals surface area contributed by atoms with Crippen LogP contribution < -0.4 is 5.73 Å². The molecule has 0 aromatic heterocycles. The lowest BCUT2D eigenvalue weighted by atomic mass is 9.76. The van der Waals surface area contributed by atoms with Crippen molar-refractivity contribution >= 4 is 0 Å². The van der Waals surface area contributed by atoms with Crippen LogP contribution in [0.4, 0.5) is 0 Å². The molecule has 3 unspecified atom stereocenters. The van der Waals surface area contributed by atoms with E-state index in [9.17, 15) is 0 Å². The number of rotatable bonds is 6. The SMILES string of the molecule is CCC1CCC(CN)C(N(CC(C)C)C2CCCC2)C1. The zero-order chi connectivity index (χ0) is 14.5. The van der Waals surface area contributed by atoms with Crippen LogP contribution >= 0.6 is 0 Å². The quantitative estimate of drug-likeness (QED) is 0.795. The van der Waals surface area contributed by atoms with Crippen LogP contribution in [0.1, 0.15) is 72.1 Å². The first-order valence-electron chi connectivity index (χ1n) is 9.11. The molecule has 2 aliphatic carbocycles. The Balaban J connectivity index is 2.10. The second-order valence-electron chi connectivity index (χ2n) is 7.68. The van der Waals surface area contributed by atoms with E-state index in [0.717, 1.165) is 36.4 Å². The summed E-state index contributed by atoms with van der Waals surface area (Å²) in [5.74, 6) is 2.46. The van der Waals surface area contributed by atoms with E-state index < -0.39 is 0 Å². The van der Waals surface area contributed by atoms with E-state index in [-0.39, 0.29) is 0 Å². The third-order valence-electron chi connectivity index (χ3n) is 5.74. The Labute approximate surface area is 126 Å². The first-order chi connectivity index (χ1) is 9.65. The average molecular weight is 280 g/mol. The van der Waals surface area contributed by atoms with Crippen LogP contribution in [0.3, 0.4) is 0 Å². The van der Waals surface area contributed by atoms with Crippen molar-refractivity contribution in [2.24, 2.45) is 23.5 Å². The van der Waals surface area contributed by atoms with E-state index in [4.69, 9.17) is 5.73 Å². The normalized spacial score (nSPS) is 32.4. The Morgan fingerprint density at radius 2 is 1.80 bits per heavy atom. The molecule has 0 spiro atoms. The zero-order valence-electron chi connectivity index (χ0n) is 14.0. The molecule has 2 nitrogen and oxygen atoms in total. The molecule has 2 heteroatoms. The Morgan fingerprint density at radius 1 is 1.10 bits per heavy atom. The molecule has 0 aromatic carbocycles. The maximum Gasteiger partial charge on any atom is 0.0141 e. The van der Waals surface area contributed by atoms with Crippen LogP contribution in [0.5, 0.6) is 0 Å². The molecule has 2 rings (SSSR count). The first kappa shape index (κ1) is 16.3. The summed E-state index contributed by atoms with van der Waals surface area (Å²) in [6.45, 7) is 9.29. The first-order valence-corrected chi connectivity index (χ1v) is 9.11. The van der Waals surface area contributed by atoms with E-state index in [1.54, 1.807) is 0 Å². The molecular formula is C18H36N2. The van der Waals surface area contributed by atoms with Crippen molar-refractivity contribution in [3.63, 3.8) is 0 Å². The van der Waals surface area contributed by atoms with Gasteiger partial charge in [0.2, 0.25) is 0 Å². The predicted molar refractivity (Wildman–Crippen MR) is 87.8 cm³/mol. The Bertz CT molecular complexity index is 271. The maximum atomic E-state index is 6.12. The minimum Gasteiger partial charge on any atom is -0.330 e. The van der Waals surface area contributed by atoms with Gasteiger partial charge in [-0.3, -0.25) is 4.90 Å². The molecule has 0 bridgehead atoms. The van der Waals surface area contributed by atoms with E-state index in [0.29, 0.717) is 0 Å². The van der Waals surface area contributed by atoms with E-state index in [1.807, 2.05) is 0 Å². The van der Waals surface area contributed by atoms with Gasteiger partial charge in [0.25, 0.3) is 0 Å². The lowest BCUT2D eigenvalue weighted by Gasteiger charge is -2.46. The number of hydrogen-bond donors (Lipinski definition) is 1. The van der Waals surface area contributed by atoms with Crippen LogP contribution in [0, 0.1) is 17.8 Å². The summed E-state index contributed by atoms with van der Waals surface area (Å²) in [7, 11) is 0. The van der Waals surface area contributed by atoms with Gasteiger partial charge in [-0.05, 0) is 50.0 Å². The van der Waals surface area contributed by atoms with Gasteiger partial charge in [0.15, 0.2) is 0 Å². The van der Waals surface area contributed by atoms with Crippen molar-refractivity contribution in [2.75, 3.05) is 13.1 Å². The fraction of sp³-hybridized carbons (Fsp3) is 1.00. The predicted octanol–water partition coefficient (Wildman–Crippen LogP) is 4.04. The minimum atomic E-state index is 0.747. The molecule has 0 radical (unpaired) electrons. The summed E-state index contributed by atoms with van der Waals surface area (Å²) in [5.41, 5.74) is 6.12. The molecule has 118 valence electrons. The van der Waals surface area contributed by atoms with Crippen LogP contribution in [0.25, 0.3) is 0 Å². The third-order valence-corrected chi connectivity index (χ3v) is 5.74. The number of hydrogen-bond acceptors (Lipinski definition) is 2. The standard InChI is InChI=1S/C18H36N2/c1-4-15-9-10-16(12-19)18(11-15)20(13-14(2)3)17-7-5-6-8-17/h14-18H,4-13,19H2,1-3H3. The molecular weight excluding hydrogens is 244 g/mol. The lowest BCUT2D eigenvalue weighted by molar-refractivity contribution is 0.0380. The Morgan fingerprint density at radius 3 is 2.35 bits per heavy atom. The van der Waals surface area contributed by atoms with Gasteiger partial charge in [0.05, 0.1) is 0 Å². The molecule has 2 aliphatic rings. The van der Waals surface area contributed by atoms with E-state index in [1.165, 1.54) is 57.9 Å². The molecule has 20 heavy (non-hydrogen) atoms. The van der Waals surface area contributed by atoms with Gasteiger partial charge in [0, 0.05) is 18.6 Å². The smallest absolute Gasteiger partial charge is 0.0141 e. The summed E-state index contributed by atoms with van der Waals surface area (Å²) >= 11 is 0. The Hall–Kier alpha value is -0.0800. The average Bonchev–Trinajstić information content (AvgIpc) is 2.97. The van der Waals surface area contributed by atoms with Gasteiger partial charge in [-0.25, -0.2) is 0 Å². The lowest BCUT2D eigenvalue weighted by Crippen LogP contribution is -2.51. The summed E-state index contributed by atoms with van der Waals surface area (Å²) < 4.78 is 0. The van der Waals surface area contributed by atoms with Crippen molar-refractivity contribution < 1.29 is 0 Å². The topological polar surface area (TPSA) is 29.3 Å². The maximum absolute atomic E-state index is 6.12. The van der Waals surface area contributed by atoms with Gasteiger partial charge in [-0.2, -0.15) is 0 Å². The molecule has 0 saturated heterocycles. The van der Waals surface area contributed by atoms with Gasteiger partial charge < -0.3 is 5.73 Å². The Kier molecular flexibility index (Phi) is 6.35. The van der Waals surface area contributed by atoms with E-state index in [2.05, 4.69) is 25.7 Å². The van der Waals surface area contributed by atoms with Crippen molar-refractivity contribution in [1.29, 1.82) is 0 Å². The van der Waals surface area contributed by atoms with Gasteiger partial charge in [-0.1, -0.05) is 46.5 Å². The highest BCUT2D eigenvalue weighted by molar-refractivity contribution is 4.91. The molecule has 2 fully saturated rings. The van der Waals surface area contributed by atoms with Crippen molar-refractivity contribution in [3.8, 4) is 0 Å². The fourth-order valence-electron chi connectivity index (χ4n) is 4.56. The third kappa shape index (κ3) is 3.98. The van der Waals surface area contributed by atoms with Crippen LogP contribution in [0.2, 0.25) is 0 Å². The summed E-state index contributed by atoms with van der Waals surface area (Å²) in [6, 6.07) is 1.62. The van der Waals surface area contributed by atoms with Crippen LogP contribution in [-0.4, -0.2) is 30.1 Å². The highest BCUT2D eigenvalue weighted by Gasteiger charge is 2.37. The highest BCUT2D eigenvalue weighted by Crippen LogP contribution is 2.37. The van der Waals surface area contributed by atoms with Crippen LogP contribution in [0.15, 0.2) is 0 Å². The van der Waals surface area contributed by atoms with Gasteiger partial charge in [0.1, 0.15) is 0 Å². The zero-order valence-corrected chi connectivity index (χ0v) is 14.0. The molecule has 0 amide bonds. The van der Waals surface area contributed by atoms with E-state index >= 15 is 0 Å². The van der Waals surface area contributed by atoms with Crippen molar-refractivity contribution in [1.82, 2.24) is 4.90 Å². The summed E-state index contributed by atoms with van der Waals surface area (Å²) in [4.78, 5) is 2.90. The highest BCUT2D eigenvalue weighted by atomic mass is 15.2. The molecule has 0 heterocycles. The second-order valence-corrected chi connectivity index (χ2v) is 7.68. The molecule has 3 atom stereocenters. The van der Waals surface area contributed by atoms with Crippen molar-refractivity contribution in [2.45, 2.75) is 84.2 Å². The summed E-state index contributed by atoms with van der Waals surface area (Å²) in [6.07, 6.45) is 11.3. The molecule has 2 saturated carbocycles. The minimum absolute atomic E-state index is 0.747. The molecule has 0 aliphatic heterocycles. The fourth-order valence-corrected chi connectivity index (χ4v) is 4.56. The largest absolute Gasteiger partial charge is 0.330 e. The number of nitrogens with two attached hydrogens (primary N) is 1. The van der Waals surface area contributed by atoms with Gasteiger partial charge in [-0.15, -0.1) is 0 Å². The van der Waals surface area contributed by atoms with Crippen molar-refractivity contribution in [3.05, 3.63) is 0 Å². The molecule has 0 aromatic rings. The monoisotopic (exact) mass is 280 g/mol. The number of nitrogens with zero attached hydrogens (tertiary/aromatic N) is 1. The second kappa shape index (κ2) is 7.79. The van der Waals surface area contributed by atoms with Crippen LogP contribution in [-0.2, 0) is 0 Å².